The van der Waals surface area contributed by atoms with Crippen LogP contribution in [-0.2, 0) is 10.1 Å². The molecule has 0 unspecified atom stereocenters. The summed E-state index contributed by atoms with van der Waals surface area (Å²) in [7, 11) is 0. The van der Waals surface area contributed by atoms with Gasteiger partial charge in [0.1, 0.15) is 5.69 Å². The van der Waals surface area contributed by atoms with Gasteiger partial charge in [-0.25, -0.2) is 18.6 Å². The van der Waals surface area contributed by atoms with Crippen molar-refractivity contribution < 1.29 is 18.3 Å². The smallest absolute Gasteiger partial charge is 0.357 e. The largest absolute Gasteiger partial charge is 0.461 e. The van der Waals surface area contributed by atoms with Crippen LogP contribution < -0.4 is 0 Å². The number of pyridine rings is 1. The molecule has 0 aliphatic rings. The molecule has 0 aromatic carbocycles. The molecule has 17 heavy (non-hydrogen) atoms. The molecule has 0 bridgehead atoms. The van der Waals surface area contributed by atoms with Crippen molar-refractivity contribution in [2.24, 2.45) is 0 Å². The summed E-state index contributed by atoms with van der Waals surface area (Å²) in [5, 5.41) is 0.357. The van der Waals surface area contributed by atoms with E-state index in [0.717, 1.165) is 0 Å². The highest BCUT2D eigenvalue weighted by Crippen LogP contribution is 2.25. The van der Waals surface area contributed by atoms with E-state index in [1.54, 1.807) is 6.92 Å². The standard InChI is InChI=1S/C10H9BrF2INO2/c1-2-17-10(16)8-5(4-11)6(14)3-7(15-8)9(12)13/h3,9H,2,4H2,1H3. The molecule has 1 rings (SSSR count). The molecule has 1 aromatic heterocycles. The first-order valence-corrected chi connectivity index (χ1v) is 6.91. The van der Waals surface area contributed by atoms with Crippen LogP contribution in [0.1, 0.15) is 35.1 Å². The number of carbonyl (C=O) groups excluding carboxylic acids is 1. The van der Waals surface area contributed by atoms with E-state index in [-0.39, 0.29) is 12.3 Å². The molecule has 0 aliphatic carbocycles. The van der Waals surface area contributed by atoms with Gasteiger partial charge in [-0.15, -0.1) is 0 Å². The number of aromatic nitrogens is 1. The number of esters is 1. The van der Waals surface area contributed by atoms with Crippen LogP contribution in [0.2, 0.25) is 0 Å². The van der Waals surface area contributed by atoms with Crippen molar-refractivity contribution in [3.05, 3.63) is 26.6 Å². The molecule has 0 atom stereocenters. The van der Waals surface area contributed by atoms with Crippen molar-refractivity contribution in [1.29, 1.82) is 0 Å². The van der Waals surface area contributed by atoms with E-state index in [4.69, 9.17) is 4.74 Å². The molecule has 1 heterocycles. The van der Waals surface area contributed by atoms with Gasteiger partial charge in [0.15, 0.2) is 5.69 Å². The highest BCUT2D eigenvalue weighted by Gasteiger charge is 2.21. The fourth-order valence-electron chi connectivity index (χ4n) is 1.17. The molecule has 0 spiro atoms. The Morgan fingerprint density at radius 2 is 2.29 bits per heavy atom. The summed E-state index contributed by atoms with van der Waals surface area (Å²) < 4.78 is 30.5. The summed E-state index contributed by atoms with van der Waals surface area (Å²) in [4.78, 5) is 15.3. The molecule has 0 saturated carbocycles. The van der Waals surface area contributed by atoms with E-state index in [1.807, 2.05) is 22.6 Å². The zero-order valence-electron chi connectivity index (χ0n) is 8.84. The maximum absolute atomic E-state index is 12.6. The van der Waals surface area contributed by atoms with E-state index in [0.29, 0.717) is 14.5 Å². The molecule has 0 radical (unpaired) electrons. The van der Waals surface area contributed by atoms with Crippen molar-refractivity contribution in [3.63, 3.8) is 0 Å². The van der Waals surface area contributed by atoms with Crippen LogP contribution in [0.5, 0.6) is 0 Å². The number of rotatable bonds is 4. The Morgan fingerprint density at radius 1 is 1.65 bits per heavy atom. The predicted molar refractivity (Wildman–Crippen MR) is 70.5 cm³/mol. The molecular weight excluding hydrogens is 411 g/mol. The first kappa shape index (κ1) is 14.7. The number of hydrogen-bond donors (Lipinski definition) is 0. The molecule has 0 N–H and O–H groups in total. The summed E-state index contributed by atoms with van der Waals surface area (Å²) in [5.74, 6) is -0.678. The van der Waals surface area contributed by atoms with E-state index in [1.165, 1.54) is 6.07 Å². The maximum Gasteiger partial charge on any atom is 0.357 e. The minimum Gasteiger partial charge on any atom is -0.461 e. The molecule has 3 nitrogen and oxygen atoms in total. The van der Waals surface area contributed by atoms with Gasteiger partial charge in [0.25, 0.3) is 6.43 Å². The topological polar surface area (TPSA) is 39.2 Å². The molecule has 94 valence electrons. The van der Waals surface area contributed by atoms with Gasteiger partial charge in [-0.2, -0.15) is 0 Å². The summed E-state index contributed by atoms with van der Waals surface area (Å²) in [5.41, 5.74) is 0.0986. The lowest BCUT2D eigenvalue weighted by molar-refractivity contribution is 0.0516. The average Bonchev–Trinajstić information content (AvgIpc) is 2.28. The Labute approximate surface area is 119 Å². The second kappa shape index (κ2) is 6.58. The number of ether oxygens (including phenoxy) is 1. The van der Waals surface area contributed by atoms with Crippen LogP contribution in [0.25, 0.3) is 0 Å². The number of alkyl halides is 3. The van der Waals surface area contributed by atoms with Crippen LogP contribution in [0.3, 0.4) is 0 Å². The minimum absolute atomic E-state index is 0.0501. The van der Waals surface area contributed by atoms with Gasteiger partial charge in [0.2, 0.25) is 0 Å². The quantitative estimate of drug-likeness (QED) is 0.424. The third-order valence-electron chi connectivity index (χ3n) is 1.92. The highest BCUT2D eigenvalue weighted by atomic mass is 127. The van der Waals surface area contributed by atoms with Crippen molar-refractivity contribution in [2.45, 2.75) is 18.7 Å². The van der Waals surface area contributed by atoms with Gasteiger partial charge in [0.05, 0.1) is 6.61 Å². The third-order valence-corrected chi connectivity index (χ3v) is 3.44. The highest BCUT2D eigenvalue weighted by molar-refractivity contribution is 14.1. The summed E-state index contributed by atoms with van der Waals surface area (Å²) in [6.45, 7) is 1.82. The predicted octanol–water partition coefficient (Wildman–Crippen LogP) is 3.70. The van der Waals surface area contributed by atoms with Crippen molar-refractivity contribution in [2.75, 3.05) is 6.61 Å². The maximum atomic E-state index is 12.6. The van der Waals surface area contributed by atoms with Crippen LogP contribution >= 0.6 is 38.5 Å². The molecule has 0 amide bonds. The molecule has 0 fully saturated rings. The second-order valence-electron chi connectivity index (χ2n) is 3.01. The van der Waals surface area contributed by atoms with E-state index >= 15 is 0 Å². The van der Waals surface area contributed by atoms with Crippen molar-refractivity contribution in [3.8, 4) is 0 Å². The molecule has 0 saturated heterocycles. The van der Waals surface area contributed by atoms with Gasteiger partial charge in [-0.3, -0.25) is 0 Å². The first-order valence-electron chi connectivity index (χ1n) is 4.71. The second-order valence-corrected chi connectivity index (χ2v) is 4.73. The third kappa shape index (κ3) is 3.57. The number of halogens is 4. The lowest BCUT2D eigenvalue weighted by atomic mass is 10.2. The fourth-order valence-corrected chi connectivity index (χ4v) is 3.02. The normalized spacial score (nSPS) is 10.7. The van der Waals surface area contributed by atoms with Crippen LogP contribution in [0.15, 0.2) is 6.07 Å². The van der Waals surface area contributed by atoms with Gasteiger partial charge >= 0.3 is 5.97 Å². The van der Waals surface area contributed by atoms with Crippen molar-refractivity contribution in [1.82, 2.24) is 4.98 Å². The molecule has 1 aromatic rings. The number of hydrogen-bond acceptors (Lipinski definition) is 3. The molecular formula is C10H9BrF2INO2. The molecule has 0 aliphatic heterocycles. The fraction of sp³-hybridized carbons (Fsp3) is 0.400. The van der Waals surface area contributed by atoms with Crippen LogP contribution in [-0.4, -0.2) is 17.6 Å². The monoisotopic (exact) mass is 419 g/mol. The van der Waals surface area contributed by atoms with Gasteiger partial charge in [-0.05, 0) is 35.6 Å². The molecule has 7 heteroatoms. The Kier molecular flexibility index (Phi) is 5.71. The zero-order valence-corrected chi connectivity index (χ0v) is 12.6. The van der Waals surface area contributed by atoms with Gasteiger partial charge < -0.3 is 4.74 Å². The number of carbonyl (C=O) groups is 1. The van der Waals surface area contributed by atoms with Crippen molar-refractivity contribution >= 4 is 44.5 Å². The van der Waals surface area contributed by atoms with Gasteiger partial charge in [0, 0.05) is 14.5 Å². The summed E-state index contributed by atoms with van der Waals surface area (Å²) in [6, 6.07) is 1.27. The first-order chi connectivity index (χ1) is 8.01. The summed E-state index contributed by atoms with van der Waals surface area (Å²) >= 11 is 5.10. The lowest BCUT2D eigenvalue weighted by Crippen LogP contribution is -2.13. The van der Waals surface area contributed by atoms with E-state index in [9.17, 15) is 13.6 Å². The Morgan fingerprint density at radius 3 is 2.76 bits per heavy atom. The number of nitrogens with zero attached hydrogens (tertiary/aromatic N) is 1. The van der Waals surface area contributed by atoms with E-state index < -0.39 is 18.1 Å². The SMILES string of the molecule is CCOC(=O)c1nc(C(F)F)cc(I)c1CBr. The van der Waals surface area contributed by atoms with Crippen LogP contribution in [0.4, 0.5) is 8.78 Å². The van der Waals surface area contributed by atoms with Gasteiger partial charge in [-0.1, -0.05) is 15.9 Å². The van der Waals surface area contributed by atoms with Crippen LogP contribution in [0, 0.1) is 3.57 Å². The minimum atomic E-state index is -2.71. The zero-order chi connectivity index (χ0) is 13.0. The average molecular weight is 420 g/mol. The Balaban J connectivity index is 3.28. The Bertz CT molecular complexity index is 429. The van der Waals surface area contributed by atoms with E-state index in [2.05, 4.69) is 20.9 Å². The summed E-state index contributed by atoms with van der Waals surface area (Å²) in [6.07, 6.45) is -2.71. The Hall–Kier alpha value is -0.310. The lowest BCUT2D eigenvalue weighted by Gasteiger charge is -2.10.